The van der Waals surface area contributed by atoms with Crippen molar-refractivity contribution in [3.05, 3.63) is 28.3 Å². The Labute approximate surface area is 83.6 Å². The summed E-state index contributed by atoms with van der Waals surface area (Å²) in [4.78, 5) is 0. The van der Waals surface area contributed by atoms with Crippen LogP contribution in [0.2, 0.25) is 5.02 Å². The fourth-order valence-electron chi connectivity index (χ4n) is 1.04. The number of hydrogen-bond acceptors (Lipinski definition) is 2. The number of alkyl halides is 3. The van der Waals surface area contributed by atoms with Gasteiger partial charge in [0.25, 0.3) is 0 Å². The van der Waals surface area contributed by atoms with Gasteiger partial charge in [-0.3, -0.25) is 0 Å². The fourth-order valence-corrected chi connectivity index (χ4v) is 1.28. The van der Waals surface area contributed by atoms with Crippen molar-refractivity contribution in [2.45, 2.75) is 12.7 Å². The molecule has 4 N–H and O–H groups in total. The van der Waals surface area contributed by atoms with Gasteiger partial charge in [0.15, 0.2) is 0 Å². The van der Waals surface area contributed by atoms with Crippen molar-refractivity contribution >= 4 is 17.3 Å². The van der Waals surface area contributed by atoms with Crippen LogP contribution in [0.3, 0.4) is 0 Å². The normalized spacial score (nSPS) is 11.8. The van der Waals surface area contributed by atoms with Gasteiger partial charge in [-0.15, -0.1) is 0 Å². The molecule has 0 aliphatic heterocycles. The lowest BCUT2D eigenvalue weighted by Gasteiger charge is -2.12. The van der Waals surface area contributed by atoms with Crippen LogP contribution in [0, 0.1) is 0 Å². The van der Waals surface area contributed by atoms with E-state index in [2.05, 4.69) is 0 Å². The molecule has 0 fully saturated rings. The zero-order valence-electron chi connectivity index (χ0n) is 7.03. The third-order valence-electron chi connectivity index (χ3n) is 1.74. The number of nitrogen functional groups attached to an aromatic ring is 1. The summed E-state index contributed by atoms with van der Waals surface area (Å²) in [6.07, 6.45) is -4.47. The van der Waals surface area contributed by atoms with Crippen LogP contribution >= 0.6 is 11.6 Å². The number of hydrogen-bond donors (Lipinski definition) is 2. The fraction of sp³-hybridized carbons (Fsp3) is 0.250. The Kier molecular flexibility index (Phi) is 2.92. The standard InChI is InChI=1S/C8H8ClF3N2/c9-6-2-7(14)5(8(10,11)12)1-4(6)3-13/h1-2H,3,13-14H2. The van der Waals surface area contributed by atoms with E-state index in [0.29, 0.717) is 0 Å². The zero-order valence-corrected chi connectivity index (χ0v) is 7.78. The summed E-state index contributed by atoms with van der Waals surface area (Å²) >= 11 is 5.62. The molecule has 0 bridgehead atoms. The van der Waals surface area contributed by atoms with Crippen LogP contribution in [-0.2, 0) is 12.7 Å². The molecule has 6 heteroatoms. The van der Waals surface area contributed by atoms with Gasteiger partial charge < -0.3 is 11.5 Å². The second-order valence-corrected chi connectivity index (χ2v) is 3.14. The van der Waals surface area contributed by atoms with Crippen molar-refractivity contribution in [2.75, 3.05) is 5.73 Å². The monoisotopic (exact) mass is 224 g/mol. The maximum Gasteiger partial charge on any atom is 0.418 e. The van der Waals surface area contributed by atoms with E-state index in [0.717, 1.165) is 12.1 Å². The summed E-state index contributed by atoms with van der Waals surface area (Å²) in [5, 5.41) is 0.151. The Hall–Kier alpha value is -0.940. The average molecular weight is 225 g/mol. The smallest absolute Gasteiger partial charge is 0.398 e. The van der Waals surface area contributed by atoms with Gasteiger partial charge >= 0.3 is 6.18 Å². The van der Waals surface area contributed by atoms with Gasteiger partial charge in [0.05, 0.1) is 5.56 Å². The lowest BCUT2D eigenvalue weighted by atomic mass is 10.1. The number of rotatable bonds is 1. The third kappa shape index (κ3) is 2.10. The van der Waals surface area contributed by atoms with Crippen molar-refractivity contribution in [1.29, 1.82) is 0 Å². The van der Waals surface area contributed by atoms with Crippen molar-refractivity contribution in [3.63, 3.8) is 0 Å². The quantitative estimate of drug-likeness (QED) is 0.720. The molecule has 1 aromatic rings. The van der Waals surface area contributed by atoms with E-state index in [9.17, 15) is 13.2 Å². The molecule has 0 spiro atoms. The molecule has 0 radical (unpaired) electrons. The van der Waals surface area contributed by atoms with Crippen molar-refractivity contribution in [3.8, 4) is 0 Å². The van der Waals surface area contributed by atoms with Gasteiger partial charge in [0.1, 0.15) is 0 Å². The van der Waals surface area contributed by atoms with E-state index in [4.69, 9.17) is 23.1 Å². The minimum Gasteiger partial charge on any atom is -0.398 e. The second kappa shape index (κ2) is 3.67. The summed E-state index contributed by atoms with van der Waals surface area (Å²) < 4.78 is 37.0. The van der Waals surface area contributed by atoms with Crippen LogP contribution in [-0.4, -0.2) is 0 Å². The van der Waals surface area contributed by atoms with E-state index in [1.165, 1.54) is 0 Å². The van der Waals surface area contributed by atoms with Gasteiger partial charge in [-0.05, 0) is 17.7 Å². The SMILES string of the molecule is NCc1cc(C(F)(F)F)c(N)cc1Cl. The Morgan fingerprint density at radius 1 is 1.29 bits per heavy atom. The topological polar surface area (TPSA) is 52.0 Å². The molecule has 0 saturated heterocycles. The van der Waals surface area contributed by atoms with Crippen LogP contribution < -0.4 is 11.5 Å². The van der Waals surface area contributed by atoms with E-state index in [-0.39, 0.29) is 22.8 Å². The molecule has 1 rings (SSSR count). The predicted molar refractivity (Wildman–Crippen MR) is 48.8 cm³/mol. The Balaban J connectivity index is 3.32. The summed E-state index contributed by atoms with van der Waals surface area (Å²) in [6.45, 7) is -0.0534. The number of benzene rings is 1. The average Bonchev–Trinajstić information content (AvgIpc) is 2.02. The molecule has 0 heterocycles. The Bertz CT molecular complexity index is 349. The molecule has 0 unspecified atom stereocenters. The highest BCUT2D eigenvalue weighted by molar-refractivity contribution is 6.31. The van der Waals surface area contributed by atoms with Crippen LogP contribution in [0.15, 0.2) is 12.1 Å². The highest BCUT2D eigenvalue weighted by atomic mass is 35.5. The molecule has 0 aliphatic carbocycles. The third-order valence-corrected chi connectivity index (χ3v) is 2.10. The number of halogens is 4. The predicted octanol–water partition coefficient (Wildman–Crippen LogP) is 2.40. The maximum atomic E-state index is 12.3. The lowest BCUT2D eigenvalue weighted by Crippen LogP contribution is -2.11. The first-order valence-corrected chi connectivity index (χ1v) is 4.09. The molecular formula is C8H8ClF3N2. The van der Waals surface area contributed by atoms with E-state index in [1.54, 1.807) is 0 Å². The first-order valence-electron chi connectivity index (χ1n) is 3.71. The molecule has 78 valence electrons. The van der Waals surface area contributed by atoms with Gasteiger partial charge in [0.2, 0.25) is 0 Å². The van der Waals surface area contributed by atoms with Crippen molar-refractivity contribution < 1.29 is 13.2 Å². The molecule has 0 aromatic heterocycles. The first-order chi connectivity index (χ1) is 6.36. The number of anilines is 1. The van der Waals surface area contributed by atoms with Gasteiger partial charge in [-0.25, -0.2) is 0 Å². The highest BCUT2D eigenvalue weighted by Gasteiger charge is 2.33. The summed E-state index contributed by atoms with van der Waals surface area (Å²) in [5.74, 6) is 0. The minimum absolute atomic E-state index is 0.0534. The van der Waals surface area contributed by atoms with Crippen molar-refractivity contribution in [1.82, 2.24) is 0 Å². The summed E-state index contributed by atoms with van der Waals surface area (Å²) in [7, 11) is 0. The first kappa shape index (κ1) is 11.1. The van der Waals surface area contributed by atoms with Crippen molar-refractivity contribution in [2.24, 2.45) is 5.73 Å². The van der Waals surface area contributed by atoms with Gasteiger partial charge in [0, 0.05) is 17.3 Å². The molecule has 0 saturated carbocycles. The molecule has 0 atom stereocenters. The molecule has 14 heavy (non-hydrogen) atoms. The van der Waals surface area contributed by atoms with Crippen LogP contribution in [0.4, 0.5) is 18.9 Å². The molecule has 0 amide bonds. The van der Waals surface area contributed by atoms with E-state index < -0.39 is 11.7 Å². The Morgan fingerprint density at radius 3 is 2.29 bits per heavy atom. The Morgan fingerprint density at radius 2 is 1.86 bits per heavy atom. The van der Waals surface area contributed by atoms with Crippen LogP contribution in [0.25, 0.3) is 0 Å². The lowest BCUT2D eigenvalue weighted by molar-refractivity contribution is -0.136. The molecular weight excluding hydrogens is 217 g/mol. The second-order valence-electron chi connectivity index (χ2n) is 2.73. The largest absolute Gasteiger partial charge is 0.418 e. The van der Waals surface area contributed by atoms with Gasteiger partial charge in [-0.2, -0.15) is 13.2 Å². The minimum atomic E-state index is -4.47. The van der Waals surface area contributed by atoms with Gasteiger partial charge in [-0.1, -0.05) is 11.6 Å². The van der Waals surface area contributed by atoms with Crippen LogP contribution in [0.5, 0.6) is 0 Å². The number of nitrogens with two attached hydrogens (primary N) is 2. The summed E-state index contributed by atoms with van der Waals surface area (Å²) in [5.41, 5.74) is 9.35. The molecule has 0 aliphatic rings. The molecule has 1 aromatic carbocycles. The molecule has 2 nitrogen and oxygen atoms in total. The van der Waals surface area contributed by atoms with E-state index in [1.807, 2.05) is 0 Å². The van der Waals surface area contributed by atoms with E-state index >= 15 is 0 Å². The zero-order chi connectivity index (χ0) is 10.9. The highest BCUT2D eigenvalue weighted by Crippen LogP contribution is 2.36. The summed E-state index contributed by atoms with van der Waals surface area (Å²) in [6, 6.07) is 1.93. The maximum absolute atomic E-state index is 12.3. The van der Waals surface area contributed by atoms with Crippen LogP contribution in [0.1, 0.15) is 11.1 Å².